The fourth-order valence-electron chi connectivity index (χ4n) is 4.52. The van der Waals surface area contributed by atoms with Gasteiger partial charge in [0.25, 0.3) is 0 Å². The molecule has 0 aliphatic rings. The molecule has 0 amide bonds. The van der Waals surface area contributed by atoms with Crippen LogP contribution in [0.1, 0.15) is 143 Å². The first-order valence-corrected chi connectivity index (χ1v) is 15.8. The summed E-state index contributed by atoms with van der Waals surface area (Å²) >= 11 is 0. The number of carbonyl (C=O) groups is 1. The van der Waals surface area contributed by atoms with Gasteiger partial charge in [-0.15, -0.1) is 0 Å². The monoisotopic (exact) mass is 430 g/mol. The molecule has 0 aliphatic heterocycles. The van der Waals surface area contributed by atoms with Crippen LogP contribution in [0.25, 0.3) is 0 Å². The predicted octanol–water partition coefficient (Wildman–Crippen LogP) is 9.30. The van der Waals surface area contributed by atoms with E-state index >= 15 is 0 Å². The fourth-order valence-corrected chi connectivity index (χ4v) is 8.86. The molecule has 0 aromatic rings. The van der Waals surface area contributed by atoms with Crippen molar-refractivity contribution in [2.45, 2.75) is 143 Å². The molecule has 29 heavy (non-hydrogen) atoms. The Balaban J connectivity index is 4.59. The van der Waals surface area contributed by atoms with Crippen LogP contribution >= 0.6 is 7.49 Å². The number of rotatable bonds is 22. The second-order valence-electron chi connectivity index (χ2n) is 9.33. The third-order valence-corrected chi connectivity index (χ3v) is 10.8. The van der Waals surface area contributed by atoms with Crippen molar-refractivity contribution < 1.29 is 9.32 Å². The third kappa shape index (κ3) is 18.4. The van der Waals surface area contributed by atoms with E-state index < -0.39 is 7.49 Å². The van der Waals surface area contributed by atoms with Crippen molar-refractivity contribution in [2.24, 2.45) is 0 Å². The standard InChI is InChI=1S/C26H55O2P/c1-5-8-11-14-17-20-23-29(28-26(4)27,24-21-18-15-12-9-6-2)25-22-19-16-13-10-7-3/h29H,5-25H2,1-4H3. The van der Waals surface area contributed by atoms with Gasteiger partial charge >= 0.3 is 185 Å². The molecule has 3 heteroatoms. The van der Waals surface area contributed by atoms with Crippen LogP contribution in [-0.2, 0) is 9.32 Å². The summed E-state index contributed by atoms with van der Waals surface area (Å²) in [6.07, 6.45) is 27.6. The zero-order valence-electron chi connectivity index (χ0n) is 20.7. The summed E-state index contributed by atoms with van der Waals surface area (Å²) in [5.41, 5.74) is 0. The van der Waals surface area contributed by atoms with Crippen molar-refractivity contribution in [1.82, 2.24) is 0 Å². The molecule has 0 N–H and O–H groups in total. The van der Waals surface area contributed by atoms with E-state index in [4.69, 9.17) is 4.52 Å². The summed E-state index contributed by atoms with van der Waals surface area (Å²) in [7, 11) is -1.91. The normalized spacial score (nSPS) is 12.3. The molecule has 0 fully saturated rings. The molecule has 0 aromatic heterocycles. The minimum atomic E-state index is -1.91. The summed E-state index contributed by atoms with van der Waals surface area (Å²) in [5.74, 6) is -0.0142. The van der Waals surface area contributed by atoms with E-state index in [1.807, 2.05) is 0 Å². The van der Waals surface area contributed by atoms with Gasteiger partial charge in [0, 0.05) is 0 Å². The van der Waals surface area contributed by atoms with Crippen LogP contribution < -0.4 is 0 Å². The first-order chi connectivity index (χ1) is 14.1. The maximum absolute atomic E-state index is 12.0. The van der Waals surface area contributed by atoms with E-state index in [2.05, 4.69) is 20.8 Å². The van der Waals surface area contributed by atoms with E-state index in [0.29, 0.717) is 0 Å². The molecule has 176 valence electrons. The topological polar surface area (TPSA) is 26.3 Å². The van der Waals surface area contributed by atoms with Crippen molar-refractivity contribution in [1.29, 1.82) is 0 Å². The van der Waals surface area contributed by atoms with Crippen LogP contribution in [0.4, 0.5) is 0 Å². The molecule has 0 aliphatic carbocycles. The van der Waals surface area contributed by atoms with Crippen molar-refractivity contribution in [2.75, 3.05) is 18.5 Å². The van der Waals surface area contributed by atoms with Gasteiger partial charge in [-0.3, -0.25) is 0 Å². The molecule has 0 unspecified atom stereocenters. The summed E-state index contributed by atoms with van der Waals surface area (Å²) in [4.78, 5) is 12.0. The Morgan fingerprint density at radius 2 is 0.793 bits per heavy atom. The van der Waals surface area contributed by atoms with Crippen molar-refractivity contribution in [3.63, 3.8) is 0 Å². The zero-order chi connectivity index (χ0) is 21.6. The number of hydrogen-bond donors (Lipinski definition) is 0. The Morgan fingerprint density at radius 1 is 0.517 bits per heavy atom. The van der Waals surface area contributed by atoms with Gasteiger partial charge in [-0.25, -0.2) is 0 Å². The van der Waals surface area contributed by atoms with Crippen LogP contribution in [0.3, 0.4) is 0 Å². The molecular formula is C26H55O2P. The van der Waals surface area contributed by atoms with E-state index in [1.54, 1.807) is 6.92 Å². The van der Waals surface area contributed by atoms with Gasteiger partial charge in [0.15, 0.2) is 0 Å². The predicted molar refractivity (Wildman–Crippen MR) is 135 cm³/mol. The quantitative estimate of drug-likeness (QED) is 0.126. The van der Waals surface area contributed by atoms with Crippen LogP contribution in [0.2, 0.25) is 0 Å². The number of carbonyl (C=O) groups excluding carboxylic acids is 1. The Morgan fingerprint density at radius 3 is 1.07 bits per heavy atom. The molecule has 0 aromatic carbocycles. The molecule has 2 nitrogen and oxygen atoms in total. The van der Waals surface area contributed by atoms with Gasteiger partial charge in [0.1, 0.15) is 0 Å². The summed E-state index contributed by atoms with van der Waals surface area (Å²) < 4.78 is 6.22. The minimum absolute atomic E-state index is 0.0142. The Bertz CT molecular complexity index is 316. The molecule has 0 saturated carbocycles. The summed E-state index contributed by atoms with van der Waals surface area (Å²) in [5, 5.41) is 0. The van der Waals surface area contributed by atoms with Crippen molar-refractivity contribution in [3.05, 3.63) is 0 Å². The molecule has 0 bridgehead atoms. The van der Waals surface area contributed by atoms with Gasteiger partial charge in [-0.2, -0.15) is 0 Å². The zero-order valence-corrected chi connectivity index (χ0v) is 21.7. The van der Waals surface area contributed by atoms with E-state index in [9.17, 15) is 4.79 Å². The molecular weight excluding hydrogens is 375 g/mol. The Hall–Kier alpha value is -0.100. The van der Waals surface area contributed by atoms with Gasteiger partial charge in [0.2, 0.25) is 0 Å². The molecule has 0 atom stereocenters. The van der Waals surface area contributed by atoms with Gasteiger partial charge in [-0.1, -0.05) is 0 Å². The number of hydrogen-bond acceptors (Lipinski definition) is 2. The molecule has 0 heterocycles. The fraction of sp³-hybridized carbons (Fsp3) is 0.962. The maximum atomic E-state index is 12.0. The SMILES string of the molecule is CCCCCCCC[PH](CCCCCCCC)(CCCCCCCC)OC(C)=O. The van der Waals surface area contributed by atoms with Crippen LogP contribution in [0.15, 0.2) is 0 Å². The first-order valence-electron chi connectivity index (χ1n) is 13.3. The molecule has 0 radical (unpaired) electrons. The summed E-state index contributed by atoms with van der Waals surface area (Å²) in [6, 6.07) is 0. The van der Waals surface area contributed by atoms with E-state index in [1.165, 1.54) is 134 Å². The molecule has 0 saturated heterocycles. The van der Waals surface area contributed by atoms with Gasteiger partial charge in [0.05, 0.1) is 0 Å². The van der Waals surface area contributed by atoms with E-state index in [0.717, 1.165) is 0 Å². The van der Waals surface area contributed by atoms with Crippen LogP contribution in [0, 0.1) is 0 Å². The van der Waals surface area contributed by atoms with Crippen molar-refractivity contribution >= 4 is 13.5 Å². The Labute approximate surface area is 184 Å². The summed E-state index contributed by atoms with van der Waals surface area (Å²) in [6.45, 7) is 8.48. The third-order valence-electron chi connectivity index (χ3n) is 6.32. The number of unbranched alkanes of at least 4 members (excludes halogenated alkanes) is 15. The van der Waals surface area contributed by atoms with Gasteiger partial charge < -0.3 is 0 Å². The second kappa shape index (κ2) is 21.1. The van der Waals surface area contributed by atoms with Crippen LogP contribution in [-0.4, -0.2) is 24.5 Å². The van der Waals surface area contributed by atoms with Gasteiger partial charge in [-0.05, 0) is 0 Å². The molecule has 0 rings (SSSR count). The first kappa shape index (κ1) is 28.9. The average Bonchev–Trinajstić information content (AvgIpc) is 2.69. The van der Waals surface area contributed by atoms with Crippen molar-refractivity contribution in [3.8, 4) is 0 Å². The Kier molecular flexibility index (Phi) is 21.1. The molecule has 0 spiro atoms. The van der Waals surface area contributed by atoms with Crippen LogP contribution in [0.5, 0.6) is 0 Å². The second-order valence-corrected chi connectivity index (χ2v) is 13.4. The average molecular weight is 431 g/mol. The van der Waals surface area contributed by atoms with E-state index in [-0.39, 0.29) is 5.97 Å².